The molecule has 0 aliphatic heterocycles. The molecule has 0 aliphatic rings. The summed E-state index contributed by atoms with van der Waals surface area (Å²) in [6, 6.07) is 2.89. The zero-order valence-electron chi connectivity index (χ0n) is 17.7. The van der Waals surface area contributed by atoms with Crippen LogP contribution < -0.4 is 15.4 Å². The van der Waals surface area contributed by atoms with E-state index in [1.54, 1.807) is 19.1 Å². The number of alkyl halides is 1. The van der Waals surface area contributed by atoms with Gasteiger partial charge in [-0.15, -0.1) is 0 Å². The van der Waals surface area contributed by atoms with Gasteiger partial charge in [-0.05, 0) is 18.9 Å². The first kappa shape index (κ1) is 25.1. The molecule has 0 aliphatic carbocycles. The number of nitrogens with one attached hydrogen (secondary N) is 2. The number of methoxy groups -OCH3 is 1. The molecule has 8 nitrogen and oxygen atoms in total. The smallest absolute Gasteiger partial charge is 0.305 e. The lowest BCUT2D eigenvalue weighted by Gasteiger charge is -2.26. The summed E-state index contributed by atoms with van der Waals surface area (Å²) >= 11 is 0. The molecule has 0 spiro atoms. The highest BCUT2D eigenvalue weighted by molar-refractivity contribution is 5.95. The van der Waals surface area contributed by atoms with E-state index in [0.29, 0.717) is 17.7 Å². The van der Waals surface area contributed by atoms with Crippen LogP contribution in [0.2, 0.25) is 0 Å². The third kappa shape index (κ3) is 7.46. The van der Waals surface area contributed by atoms with E-state index in [9.17, 15) is 23.6 Å². The molecule has 0 aromatic heterocycles. The molecular weight excluding hydrogens is 395 g/mol. The number of amides is 2. The summed E-state index contributed by atoms with van der Waals surface area (Å²) in [4.78, 5) is 47.9. The Bertz CT molecular complexity index is 783. The van der Waals surface area contributed by atoms with Crippen LogP contribution in [0.3, 0.4) is 0 Å². The highest BCUT2D eigenvalue weighted by Gasteiger charge is 2.31. The topological polar surface area (TPSA) is 122 Å². The molecule has 0 heterocycles. The van der Waals surface area contributed by atoms with E-state index in [2.05, 4.69) is 10.6 Å². The number of carbonyl (C=O) groups excluding carboxylic acids is 3. The molecule has 1 rings (SSSR count). The molecule has 9 heteroatoms. The summed E-state index contributed by atoms with van der Waals surface area (Å²) < 4.78 is 18.0. The first-order valence-electron chi connectivity index (χ1n) is 9.66. The van der Waals surface area contributed by atoms with Gasteiger partial charge in [-0.1, -0.05) is 38.0 Å². The van der Waals surface area contributed by atoms with Gasteiger partial charge in [0.1, 0.15) is 24.5 Å². The predicted molar refractivity (Wildman–Crippen MR) is 108 cm³/mol. The lowest BCUT2D eigenvalue weighted by atomic mass is 9.97. The maximum atomic E-state index is 12.7. The SMILES string of the molecule is CCC(C)[C@H](NC(=O)Cc1cc(C)ccc1OC)C(=O)NC(CC(=O)O)C(=O)CF. The van der Waals surface area contributed by atoms with Crippen LogP contribution in [0, 0.1) is 12.8 Å². The number of carbonyl (C=O) groups is 4. The molecule has 0 fully saturated rings. The van der Waals surface area contributed by atoms with Gasteiger partial charge in [0.05, 0.1) is 20.0 Å². The van der Waals surface area contributed by atoms with Gasteiger partial charge in [0.25, 0.3) is 0 Å². The van der Waals surface area contributed by atoms with Crippen LogP contribution >= 0.6 is 0 Å². The summed E-state index contributed by atoms with van der Waals surface area (Å²) in [5.41, 5.74) is 1.59. The quantitative estimate of drug-likeness (QED) is 0.468. The molecule has 3 N–H and O–H groups in total. The molecule has 2 unspecified atom stereocenters. The monoisotopic (exact) mass is 424 g/mol. The largest absolute Gasteiger partial charge is 0.496 e. The van der Waals surface area contributed by atoms with E-state index in [1.807, 2.05) is 19.9 Å². The number of ether oxygens (including phenoxy) is 1. The Morgan fingerprint density at radius 3 is 2.40 bits per heavy atom. The van der Waals surface area contributed by atoms with Crippen molar-refractivity contribution >= 4 is 23.6 Å². The molecule has 30 heavy (non-hydrogen) atoms. The average molecular weight is 424 g/mol. The second-order valence-electron chi connectivity index (χ2n) is 7.18. The molecule has 1 aromatic carbocycles. The van der Waals surface area contributed by atoms with Crippen molar-refractivity contribution < 1.29 is 33.4 Å². The zero-order valence-corrected chi connectivity index (χ0v) is 17.7. The number of carboxylic acid groups (broad SMARTS) is 1. The Labute approximate surface area is 175 Å². The predicted octanol–water partition coefficient (Wildman–Crippen LogP) is 1.58. The van der Waals surface area contributed by atoms with Crippen molar-refractivity contribution in [2.24, 2.45) is 5.92 Å². The number of Topliss-reactive ketones (excluding diaryl/α,β-unsaturated/α-hetero) is 1. The number of benzene rings is 1. The number of ketones is 1. The maximum absolute atomic E-state index is 12.7. The maximum Gasteiger partial charge on any atom is 0.305 e. The van der Waals surface area contributed by atoms with Gasteiger partial charge >= 0.3 is 5.97 Å². The second kappa shape index (κ2) is 11.9. The number of carboxylic acids is 1. The molecule has 2 amide bonds. The van der Waals surface area contributed by atoms with Crippen LogP contribution in [-0.4, -0.2) is 54.5 Å². The minimum Gasteiger partial charge on any atom is -0.496 e. The van der Waals surface area contributed by atoms with E-state index in [4.69, 9.17) is 9.84 Å². The average Bonchev–Trinajstić information content (AvgIpc) is 2.70. The highest BCUT2D eigenvalue weighted by Crippen LogP contribution is 2.20. The Kier molecular flexibility index (Phi) is 9.94. The number of aliphatic carboxylic acids is 1. The normalized spacial score (nSPS) is 13.6. The van der Waals surface area contributed by atoms with E-state index in [1.165, 1.54) is 7.11 Å². The third-order valence-corrected chi connectivity index (χ3v) is 4.81. The fraction of sp³-hybridized carbons (Fsp3) is 0.524. The number of halogens is 1. The molecule has 1 aromatic rings. The van der Waals surface area contributed by atoms with Crippen LogP contribution in [-0.2, 0) is 25.6 Å². The first-order chi connectivity index (χ1) is 14.1. The molecule has 166 valence electrons. The van der Waals surface area contributed by atoms with Crippen molar-refractivity contribution in [3.63, 3.8) is 0 Å². The molecule has 0 bridgehead atoms. The molecule has 3 atom stereocenters. The van der Waals surface area contributed by atoms with Crippen molar-refractivity contribution in [3.05, 3.63) is 29.3 Å². The van der Waals surface area contributed by atoms with E-state index < -0.39 is 48.7 Å². The summed E-state index contributed by atoms with van der Waals surface area (Å²) in [6.45, 7) is 4.04. The number of hydrogen-bond acceptors (Lipinski definition) is 5. The van der Waals surface area contributed by atoms with Gasteiger partial charge in [0, 0.05) is 5.56 Å². The van der Waals surface area contributed by atoms with Gasteiger partial charge < -0.3 is 20.5 Å². The Morgan fingerprint density at radius 2 is 1.87 bits per heavy atom. The van der Waals surface area contributed by atoms with Gasteiger partial charge in [0.2, 0.25) is 11.8 Å². The molecule has 0 saturated heterocycles. The van der Waals surface area contributed by atoms with Crippen LogP contribution in [0.4, 0.5) is 4.39 Å². The highest BCUT2D eigenvalue weighted by atomic mass is 19.1. The van der Waals surface area contributed by atoms with Crippen molar-refractivity contribution in [1.29, 1.82) is 0 Å². The van der Waals surface area contributed by atoms with Gasteiger partial charge in [-0.2, -0.15) is 0 Å². The second-order valence-corrected chi connectivity index (χ2v) is 7.18. The summed E-state index contributed by atoms with van der Waals surface area (Å²) in [6.07, 6.45) is -0.240. The van der Waals surface area contributed by atoms with Crippen LogP contribution in [0.1, 0.15) is 37.8 Å². The number of rotatable bonds is 12. The van der Waals surface area contributed by atoms with E-state index in [0.717, 1.165) is 5.56 Å². The van der Waals surface area contributed by atoms with Gasteiger partial charge in [-0.25, -0.2) is 4.39 Å². The van der Waals surface area contributed by atoms with E-state index >= 15 is 0 Å². The van der Waals surface area contributed by atoms with Gasteiger partial charge in [-0.3, -0.25) is 19.2 Å². The molecule has 0 saturated carbocycles. The number of aryl methyl sites for hydroxylation is 1. The first-order valence-corrected chi connectivity index (χ1v) is 9.66. The third-order valence-electron chi connectivity index (χ3n) is 4.81. The summed E-state index contributed by atoms with van der Waals surface area (Å²) in [5, 5.41) is 13.8. The van der Waals surface area contributed by atoms with Crippen molar-refractivity contribution in [2.75, 3.05) is 13.8 Å². The van der Waals surface area contributed by atoms with Crippen LogP contribution in [0.15, 0.2) is 18.2 Å². The summed E-state index contributed by atoms with van der Waals surface area (Å²) in [7, 11) is 1.49. The Hall–Kier alpha value is -2.97. The zero-order chi connectivity index (χ0) is 22.8. The Morgan fingerprint density at radius 1 is 1.20 bits per heavy atom. The fourth-order valence-electron chi connectivity index (χ4n) is 2.92. The minimum atomic E-state index is -1.50. The van der Waals surface area contributed by atoms with Crippen LogP contribution in [0.5, 0.6) is 5.75 Å². The Balaban J connectivity index is 2.97. The number of hydrogen-bond donors (Lipinski definition) is 3. The molecular formula is C21H29FN2O6. The van der Waals surface area contributed by atoms with Crippen molar-refractivity contribution in [3.8, 4) is 5.75 Å². The molecule has 0 radical (unpaired) electrons. The lowest BCUT2D eigenvalue weighted by molar-refractivity contribution is -0.141. The standard InChI is InChI=1S/C21H29FN2O6/c1-5-13(3)20(21(29)23-15(10-19(27)28)16(25)11-22)24-18(26)9-14-8-12(2)6-7-17(14)30-4/h6-8,13,15,20H,5,9-11H2,1-4H3,(H,23,29)(H,24,26)(H,27,28)/t13?,15?,20-/m0/s1. The lowest BCUT2D eigenvalue weighted by Crippen LogP contribution is -2.54. The van der Waals surface area contributed by atoms with E-state index in [-0.39, 0.29) is 12.3 Å². The minimum absolute atomic E-state index is 0.0347. The fourth-order valence-corrected chi connectivity index (χ4v) is 2.92. The van der Waals surface area contributed by atoms with Crippen molar-refractivity contribution in [1.82, 2.24) is 10.6 Å². The van der Waals surface area contributed by atoms with Gasteiger partial charge in [0.15, 0.2) is 5.78 Å². The summed E-state index contributed by atoms with van der Waals surface area (Å²) in [5.74, 6) is -3.33. The van der Waals surface area contributed by atoms with Crippen LogP contribution in [0.25, 0.3) is 0 Å². The van der Waals surface area contributed by atoms with Crippen molar-refractivity contribution in [2.45, 2.75) is 52.1 Å².